The van der Waals surface area contributed by atoms with Crippen molar-refractivity contribution in [3.63, 3.8) is 0 Å². The molecule has 0 saturated heterocycles. The van der Waals surface area contributed by atoms with E-state index in [-0.39, 0.29) is 12.3 Å². The topological polar surface area (TPSA) is 46.1 Å². The number of hydrogen-bond acceptors (Lipinski definition) is 3. The second kappa shape index (κ2) is 5.97. The minimum atomic E-state index is 0.0245. The van der Waals surface area contributed by atoms with Gasteiger partial charge in [0.05, 0.1) is 23.1 Å². The van der Waals surface area contributed by atoms with Crippen molar-refractivity contribution in [1.82, 2.24) is 14.9 Å². The van der Waals surface area contributed by atoms with Crippen molar-refractivity contribution in [2.24, 2.45) is 0 Å². The molecule has 0 unspecified atom stereocenters. The molecule has 0 atom stereocenters. The number of fused-ring (bicyclic) bond motifs is 1. The van der Waals surface area contributed by atoms with Crippen LogP contribution in [0.2, 0.25) is 5.15 Å². The zero-order valence-corrected chi connectivity index (χ0v) is 11.8. The van der Waals surface area contributed by atoms with E-state index >= 15 is 0 Å². The number of aromatic nitrogens is 2. The molecule has 0 aliphatic carbocycles. The smallest absolute Gasteiger partial charge is 0.228 e. The second-order valence-electron chi connectivity index (χ2n) is 4.19. The molecule has 4 nitrogen and oxygen atoms in total. The molecule has 2 aromatic rings. The summed E-state index contributed by atoms with van der Waals surface area (Å²) in [4.78, 5) is 22.5. The first-order valence-electron chi connectivity index (χ1n) is 6.34. The lowest BCUT2D eigenvalue weighted by Crippen LogP contribution is -2.32. The maximum absolute atomic E-state index is 12.1. The second-order valence-corrected chi connectivity index (χ2v) is 4.55. The Labute approximate surface area is 117 Å². The van der Waals surface area contributed by atoms with E-state index < -0.39 is 0 Å². The van der Waals surface area contributed by atoms with Crippen LogP contribution in [0.4, 0.5) is 0 Å². The lowest BCUT2D eigenvalue weighted by atomic mass is 10.2. The van der Waals surface area contributed by atoms with Crippen LogP contribution in [0, 0.1) is 0 Å². The molecule has 100 valence electrons. The molecule has 5 heteroatoms. The number of halogens is 1. The van der Waals surface area contributed by atoms with Gasteiger partial charge in [-0.2, -0.15) is 0 Å². The number of nitrogens with zero attached hydrogens (tertiary/aromatic N) is 3. The number of rotatable bonds is 4. The fourth-order valence-electron chi connectivity index (χ4n) is 1.96. The van der Waals surface area contributed by atoms with Crippen LogP contribution < -0.4 is 0 Å². The summed E-state index contributed by atoms with van der Waals surface area (Å²) in [6.45, 7) is 5.28. The van der Waals surface area contributed by atoms with Gasteiger partial charge in [0.15, 0.2) is 5.15 Å². The first-order valence-corrected chi connectivity index (χ1v) is 6.72. The van der Waals surface area contributed by atoms with Crippen molar-refractivity contribution >= 4 is 28.5 Å². The Morgan fingerprint density at radius 1 is 1.16 bits per heavy atom. The van der Waals surface area contributed by atoms with Gasteiger partial charge in [0.1, 0.15) is 0 Å². The van der Waals surface area contributed by atoms with Gasteiger partial charge in [-0.15, -0.1) is 0 Å². The van der Waals surface area contributed by atoms with E-state index in [2.05, 4.69) is 9.97 Å². The molecule has 1 heterocycles. The number of para-hydroxylation sites is 2. The quantitative estimate of drug-likeness (QED) is 0.863. The fourth-order valence-corrected chi connectivity index (χ4v) is 2.16. The number of benzene rings is 1. The van der Waals surface area contributed by atoms with Gasteiger partial charge in [0.2, 0.25) is 5.91 Å². The maximum atomic E-state index is 12.1. The highest BCUT2D eigenvalue weighted by atomic mass is 35.5. The van der Waals surface area contributed by atoms with Gasteiger partial charge in [0, 0.05) is 13.1 Å². The third-order valence-electron chi connectivity index (χ3n) is 3.03. The SMILES string of the molecule is CCN(CC)C(=O)Cc1nc2ccccc2nc1Cl. The summed E-state index contributed by atoms with van der Waals surface area (Å²) in [7, 11) is 0. The van der Waals surface area contributed by atoms with E-state index in [1.54, 1.807) is 4.90 Å². The highest BCUT2D eigenvalue weighted by molar-refractivity contribution is 6.30. The Morgan fingerprint density at radius 2 is 1.74 bits per heavy atom. The number of amides is 1. The van der Waals surface area contributed by atoms with Gasteiger partial charge < -0.3 is 4.90 Å². The van der Waals surface area contributed by atoms with Gasteiger partial charge in [-0.05, 0) is 26.0 Å². The Morgan fingerprint density at radius 3 is 2.32 bits per heavy atom. The molecule has 0 saturated carbocycles. The average Bonchev–Trinajstić information content (AvgIpc) is 2.41. The van der Waals surface area contributed by atoms with Gasteiger partial charge in [-0.3, -0.25) is 4.79 Å². The molecule has 0 aliphatic heterocycles. The van der Waals surface area contributed by atoms with Gasteiger partial charge in [-0.25, -0.2) is 9.97 Å². The molecule has 0 N–H and O–H groups in total. The third-order valence-corrected chi connectivity index (χ3v) is 3.33. The van der Waals surface area contributed by atoms with E-state index in [4.69, 9.17) is 11.6 Å². The van der Waals surface area contributed by atoms with Crippen LogP contribution in [0.1, 0.15) is 19.5 Å². The number of carbonyl (C=O) groups is 1. The van der Waals surface area contributed by atoms with Gasteiger partial charge in [0.25, 0.3) is 0 Å². The van der Waals surface area contributed by atoms with Crippen LogP contribution in [0.3, 0.4) is 0 Å². The summed E-state index contributed by atoms with van der Waals surface area (Å²) in [6.07, 6.45) is 0.193. The van der Waals surface area contributed by atoms with Crippen LogP contribution in [-0.4, -0.2) is 33.9 Å². The van der Waals surface area contributed by atoms with E-state index in [1.165, 1.54) is 0 Å². The molecule has 0 aliphatic rings. The zero-order chi connectivity index (χ0) is 13.8. The minimum Gasteiger partial charge on any atom is -0.343 e. The van der Waals surface area contributed by atoms with Gasteiger partial charge in [-0.1, -0.05) is 23.7 Å². The van der Waals surface area contributed by atoms with Crippen LogP contribution >= 0.6 is 11.6 Å². The molecule has 0 radical (unpaired) electrons. The van der Waals surface area contributed by atoms with Crippen LogP contribution in [0.25, 0.3) is 11.0 Å². The molecule has 0 fully saturated rings. The van der Waals surface area contributed by atoms with Crippen molar-refractivity contribution in [2.75, 3.05) is 13.1 Å². The number of carbonyl (C=O) groups excluding carboxylic acids is 1. The summed E-state index contributed by atoms with van der Waals surface area (Å²) in [5.74, 6) is 0.0245. The van der Waals surface area contributed by atoms with E-state index in [0.29, 0.717) is 23.9 Å². The molecule has 1 amide bonds. The fraction of sp³-hybridized carbons (Fsp3) is 0.357. The minimum absolute atomic E-state index is 0.0245. The van der Waals surface area contributed by atoms with E-state index in [1.807, 2.05) is 38.1 Å². The third kappa shape index (κ3) is 3.01. The average molecular weight is 278 g/mol. The standard InChI is InChI=1S/C14H16ClN3O/c1-3-18(4-2)13(19)9-12-14(15)17-11-8-6-5-7-10(11)16-12/h5-8H,3-4,9H2,1-2H3. The molecule has 0 bridgehead atoms. The first-order chi connectivity index (χ1) is 9.15. The summed E-state index contributed by atoms with van der Waals surface area (Å²) in [5.41, 5.74) is 2.04. The van der Waals surface area contributed by atoms with Crippen molar-refractivity contribution < 1.29 is 4.79 Å². The predicted octanol–water partition coefficient (Wildman–Crippen LogP) is 2.69. The predicted molar refractivity (Wildman–Crippen MR) is 76.2 cm³/mol. The summed E-state index contributed by atoms with van der Waals surface area (Å²) in [5, 5.41) is 0.305. The Kier molecular flexibility index (Phi) is 4.32. The highest BCUT2D eigenvalue weighted by Crippen LogP contribution is 2.17. The summed E-state index contributed by atoms with van der Waals surface area (Å²) in [6, 6.07) is 7.49. The molecule has 0 spiro atoms. The van der Waals surface area contributed by atoms with Crippen LogP contribution in [0.15, 0.2) is 24.3 Å². The summed E-state index contributed by atoms with van der Waals surface area (Å²) < 4.78 is 0. The Balaban J connectivity index is 2.30. The highest BCUT2D eigenvalue weighted by Gasteiger charge is 2.15. The largest absolute Gasteiger partial charge is 0.343 e. The van der Waals surface area contributed by atoms with Crippen molar-refractivity contribution in [3.05, 3.63) is 35.1 Å². The van der Waals surface area contributed by atoms with Gasteiger partial charge >= 0.3 is 0 Å². The van der Waals surface area contributed by atoms with Crippen molar-refractivity contribution in [2.45, 2.75) is 20.3 Å². The first kappa shape index (κ1) is 13.7. The van der Waals surface area contributed by atoms with E-state index in [9.17, 15) is 4.79 Å². The molecule has 2 rings (SSSR count). The number of hydrogen-bond donors (Lipinski definition) is 0. The normalized spacial score (nSPS) is 10.7. The van der Waals surface area contributed by atoms with Crippen LogP contribution in [-0.2, 0) is 11.2 Å². The molecule has 1 aromatic carbocycles. The van der Waals surface area contributed by atoms with Crippen LogP contribution in [0.5, 0.6) is 0 Å². The lowest BCUT2D eigenvalue weighted by molar-refractivity contribution is -0.130. The zero-order valence-electron chi connectivity index (χ0n) is 11.1. The molecule has 19 heavy (non-hydrogen) atoms. The van der Waals surface area contributed by atoms with Crippen molar-refractivity contribution in [3.8, 4) is 0 Å². The Hall–Kier alpha value is -1.68. The number of likely N-dealkylation sites (N-methyl/N-ethyl adjacent to an activating group) is 1. The Bertz CT molecular complexity index is 596. The maximum Gasteiger partial charge on any atom is 0.228 e. The van der Waals surface area contributed by atoms with Crippen molar-refractivity contribution in [1.29, 1.82) is 0 Å². The molecular weight excluding hydrogens is 262 g/mol. The summed E-state index contributed by atoms with van der Waals surface area (Å²) >= 11 is 6.09. The van der Waals surface area contributed by atoms with E-state index in [0.717, 1.165) is 11.0 Å². The monoisotopic (exact) mass is 277 g/mol. The lowest BCUT2D eigenvalue weighted by Gasteiger charge is -2.18. The molecule has 1 aromatic heterocycles. The molecular formula is C14H16ClN3O.